The first-order valence-corrected chi connectivity index (χ1v) is 4.33. The molecular weight excluding hydrogens is 229 g/mol. The average molecular weight is 235 g/mol. The molecule has 1 rings (SSSR count). The van der Waals surface area contributed by atoms with Crippen LogP contribution in [0.1, 0.15) is 11.1 Å². The molecule has 5 heteroatoms. The predicted octanol–water partition coefficient (Wildman–Crippen LogP) is 3.48. The minimum Gasteiger partial charge on any atom is -0.276 e. The number of carbonyl (C=O) groups is 1. The standard InChI is InChI=1S/C10H6ClF3O/c11-9(15)6-5-7-3-1-2-4-8(7)10(12,13)14/h1-6H/b6-5-. The molecule has 0 atom stereocenters. The Hall–Kier alpha value is -1.29. The molecule has 0 heterocycles. The minimum atomic E-state index is -4.43. The van der Waals surface area contributed by atoms with Gasteiger partial charge in [0, 0.05) is 0 Å². The summed E-state index contributed by atoms with van der Waals surface area (Å²) in [6.45, 7) is 0. The monoisotopic (exact) mass is 234 g/mol. The SMILES string of the molecule is O=C(Cl)/C=C\c1ccccc1C(F)(F)F. The molecule has 80 valence electrons. The summed E-state index contributed by atoms with van der Waals surface area (Å²) in [6, 6.07) is 4.94. The van der Waals surface area contributed by atoms with Crippen molar-refractivity contribution < 1.29 is 18.0 Å². The zero-order valence-corrected chi connectivity index (χ0v) is 8.14. The van der Waals surface area contributed by atoms with Crippen LogP contribution in [0.15, 0.2) is 30.3 Å². The molecule has 0 aromatic heterocycles. The van der Waals surface area contributed by atoms with Gasteiger partial charge in [0.05, 0.1) is 5.56 Å². The van der Waals surface area contributed by atoms with Gasteiger partial charge in [-0.2, -0.15) is 13.2 Å². The molecule has 0 amide bonds. The highest BCUT2D eigenvalue weighted by atomic mass is 35.5. The molecule has 0 fully saturated rings. The van der Waals surface area contributed by atoms with Gasteiger partial charge in [-0.05, 0) is 35.4 Å². The van der Waals surface area contributed by atoms with Crippen molar-refractivity contribution in [3.63, 3.8) is 0 Å². The lowest BCUT2D eigenvalue weighted by atomic mass is 10.1. The van der Waals surface area contributed by atoms with E-state index < -0.39 is 17.0 Å². The van der Waals surface area contributed by atoms with E-state index in [0.717, 1.165) is 18.2 Å². The van der Waals surface area contributed by atoms with Gasteiger partial charge in [-0.15, -0.1) is 0 Å². The Morgan fingerprint density at radius 3 is 2.40 bits per heavy atom. The molecule has 1 nitrogen and oxygen atoms in total. The molecule has 0 aliphatic carbocycles. The summed E-state index contributed by atoms with van der Waals surface area (Å²) in [7, 11) is 0. The Balaban J connectivity index is 3.13. The normalized spacial score (nSPS) is 12.0. The van der Waals surface area contributed by atoms with Crippen LogP contribution in [0, 0.1) is 0 Å². The van der Waals surface area contributed by atoms with E-state index in [1.807, 2.05) is 0 Å². The van der Waals surface area contributed by atoms with E-state index in [1.54, 1.807) is 0 Å². The van der Waals surface area contributed by atoms with Gasteiger partial charge in [0.1, 0.15) is 0 Å². The lowest BCUT2D eigenvalue weighted by Crippen LogP contribution is -2.06. The third kappa shape index (κ3) is 3.40. The summed E-state index contributed by atoms with van der Waals surface area (Å²) in [5, 5.41) is -0.813. The van der Waals surface area contributed by atoms with Crippen molar-refractivity contribution in [2.24, 2.45) is 0 Å². The fourth-order valence-electron chi connectivity index (χ4n) is 1.06. The van der Waals surface area contributed by atoms with Gasteiger partial charge < -0.3 is 0 Å². The summed E-state index contributed by atoms with van der Waals surface area (Å²) >= 11 is 4.99. The summed E-state index contributed by atoms with van der Waals surface area (Å²) in [6.07, 6.45) is -2.51. The number of halogens is 4. The van der Waals surface area contributed by atoms with Crippen LogP contribution < -0.4 is 0 Å². The topological polar surface area (TPSA) is 17.1 Å². The van der Waals surface area contributed by atoms with Gasteiger partial charge in [-0.1, -0.05) is 18.2 Å². The molecule has 0 aliphatic rings. The number of carbonyl (C=O) groups excluding carboxylic acids is 1. The van der Waals surface area contributed by atoms with Crippen molar-refractivity contribution in [2.45, 2.75) is 6.18 Å². The van der Waals surface area contributed by atoms with Crippen molar-refractivity contribution in [1.29, 1.82) is 0 Å². The van der Waals surface area contributed by atoms with Crippen molar-refractivity contribution in [3.8, 4) is 0 Å². The fourth-order valence-corrected chi connectivity index (χ4v) is 1.12. The van der Waals surface area contributed by atoms with Gasteiger partial charge >= 0.3 is 6.18 Å². The van der Waals surface area contributed by atoms with Crippen LogP contribution in [-0.4, -0.2) is 5.24 Å². The molecule has 0 bridgehead atoms. The third-order valence-corrected chi connectivity index (χ3v) is 1.79. The van der Waals surface area contributed by atoms with Crippen LogP contribution in [0.4, 0.5) is 13.2 Å². The molecular formula is C10H6ClF3O. The quantitative estimate of drug-likeness (QED) is 0.566. The fraction of sp³-hybridized carbons (Fsp3) is 0.100. The maximum Gasteiger partial charge on any atom is 0.416 e. The van der Waals surface area contributed by atoms with E-state index in [-0.39, 0.29) is 5.56 Å². The molecule has 0 aliphatic heterocycles. The van der Waals surface area contributed by atoms with E-state index in [4.69, 9.17) is 11.6 Å². The van der Waals surface area contributed by atoms with Crippen LogP contribution in [-0.2, 0) is 11.0 Å². The molecule has 15 heavy (non-hydrogen) atoms. The van der Waals surface area contributed by atoms with E-state index in [9.17, 15) is 18.0 Å². The van der Waals surface area contributed by atoms with Crippen LogP contribution in [0.3, 0.4) is 0 Å². The van der Waals surface area contributed by atoms with Gasteiger partial charge in [-0.3, -0.25) is 4.79 Å². The van der Waals surface area contributed by atoms with E-state index in [0.29, 0.717) is 0 Å². The highest BCUT2D eigenvalue weighted by Gasteiger charge is 2.32. The summed E-state index contributed by atoms with van der Waals surface area (Å²) in [4.78, 5) is 10.4. The number of hydrogen-bond donors (Lipinski definition) is 0. The lowest BCUT2D eigenvalue weighted by molar-refractivity contribution is -0.137. The van der Waals surface area contributed by atoms with Gasteiger partial charge in [0.15, 0.2) is 0 Å². The summed E-state index contributed by atoms with van der Waals surface area (Å²) < 4.78 is 37.3. The van der Waals surface area contributed by atoms with E-state index in [2.05, 4.69) is 0 Å². The molecule has 0 radical (unpaired) electrons. The predicted molar refractivity (Wildman–Crippen MR) is 51.3 cm³/mol. The van der Waals surface area contributed by atoms with Gasteiger partial charge in [-0.25, -0.2) is 0 Å². The molecule has 0 saturated carbocycles. The number of alkyl halides is 3. The third-order valence-electron chi connectivity index (χ3n) is 1.66. The minimum absolute atomic E-state index is 0.0843. The van der Waals surface area contributed by atoms with Crippen LogP contribution in [0.5, 0.6) is 0 Å². The zero-order chi connectivity index (χ0) is 11.5. The number of allylic oxidation sites excluding steroid dienone is 1. The van der Waals surface area contributed by atoms with E-state index >= 15 is 0 Å². The molecule has 1 aromatic rings. The second-order valence-corrected chi connectivity index (χ2v) is 3.09. The second kappa shape index (κ2) is 4.49. The lowest BCUT2D eigenvalue weighted by Gasteiger charge is -2.09. The van der Waals surface area contributed by atoms with Gasteiger partial charge in [0.2, 0.25) is 5.24 Å². The zero-order valence-electron chi connectivity index (χ0n) is 7.38. The number of rotatable bonds is 2. The Morgan fingerprint density at radius 2 is 1.87 bits per heavy atom. The Bertz CT molecular complexity index is 396. The van der Waals surface area contributed by atoms with Gasteiger partial charge in [0.25, 0.3) is 0 Å². The number of hydrogen-bond acceptors (Lipinski definition) is 1. The van der Waals surface area contributed by atoms with Crippen LogP contribution in [0.2, 0.25) is 0 Å². The van der Waals surface area contributed by atoms with Crippen LogP contribution >= 0.6 is 11.6 Å². The smallest absolute Gasteiger partial charge is 0.276 e. The van der Waals surface area contributed by atoms with E-state index in [1.165, 1.54) is 18.2 Å². The first-order chi connectivity index (χ1) is 6.91. The first-order valence-electron chi connectivity index (χ1n) is 3.95. The first kappa shape index (κ1) is 11.8. The maximum absolute atomic E-state index is 12.4. The molecule has 0 spiro atoms. The highest BCUT2D eigenvalue weighted by molar-refractivity contribution is 6.66. The van der Waals surface area contributed by atoms with Crippen molar-refractivity contribution in [2.75, 3.05) is 0 Å². The number of benzene rings is 1. The summed E-state index contributed by atoms with van der Waals surface area (Å²) in [5.74, 6) is 0. The highest BCUT2D eigenvalue weighted by Crippen LogP contribution is 2.32. The summed E-state index contributed by atoms with van der Waals surface area (Å²) in [5.41, 5.74) is -0.877. The molecule has 0 N–H and O–H groups in total. The Morgan fingerprint density at radius 1 is 1.27 bits per heavy atom. The second-order valence-electron chi connectivity index (χ2n) is 2.72. The van der Waals surface area contributed by atoms with Crippen molar-refractivity contribution >= 4 is 22.9 Å². The Labute approximate surface area is 89.2 Å². The Kier molecular flexibility index (Phi) is 3.52. The average Bonchev–Trinajstić information content (AvgIpc) is 2.13. The van der Waals surface area contributed by atoms with Crippen molar-refractivity contribution in [3.05, 3.63) is 41.5 Å². The van der Waals surface area contributed by atoms with Crippen molar-refractivity contribution in [1.82, 2.24) is 0 Å². The molecule has 0 unspecified atom stereocenters. The maximum atomic E-state index is 12.4. The molecule has 0 saturated heterocycles. The largest absolute Gasteiger partial charge is 0.416 e. The molecule has 1 aromatic carbocycles. The van der Waals surface area contributed by atoms with Crippen LogP contribution in [0.25, 0.3) is 6.08 Å².